The predicted molar refractivity (Wildman–Crippen MR) is 66.1 cm³/mol. The van der Waals surface area contributed by atoms with E-state index in [4.69, 9.17) is 14.9 Å². The van der Waals surface area contributed by atoms with Crippen LogP contribution < -0.4 is 4.74 Å². The molecule has 0 bridgehead atoms. The topological polar surface area (TPSA) is 97.5 Å². The number of aromatic carboxylic acids is 1. The first-order valence-electron chi connectivity index (χ1n) is 5.59. The molecule has 0 saturated heterocycles. The predicted octanol–water partition coefficient (Wildman–Crippen LogP) is 0.644. The molecule has 0 amide bonds. The van der Waals surface area contributed by atoms with Gasteiger partial charge in [-0.25, -0.2) is 9.48 Å². The largest absolute Gasteiger partial charge is 0.497 e. The van der Waals surface area contributed by atoms with E-state index in [2.05, 4.69) is 10.3 Å². The second-order valence-corrected chi connectivity index (χ2v) is 3.77. The lowest BCUT2D eigenvalue weighted by atomic mass is 10.1. The van der Waals surface area contributed by atoms with Crippen molar-refractivity contribution in [2.75, 3.05) is 13.7 Å². The SMILES string of the molecule is COc1ccc(-c2c(C(=O)O)nnn2CCO)cc1. The Morgan fingerprint density at radius 3 is 2.58 bits per heavy atom. The number of carboxylic acid groups (broad SMARTS) is 1. The van der Waals surface area contributed by atoms with Crippen molar-refractivity contribution in [2.45, 2.75) is 6.54 Å². The third-order valence-corrected chi connectivity index (χ3v) is 2.61. The molecule has 7 heteroatoms. The highest BCUT2D eigenvalue weighted by atomic mass is 16.5. The van der Waals surface area contributed by atoms with Crippen LogP contribution in [0.1, 0.15) is 10.5 Å². The smallest absolute Gasteiger partial charge is 0.358 e. The lowest BCUT2D eigenvalue weighted by molar-refractivity contribution is 0.0691. The van der Waals surface area contributed by atoms with Crippen molar-refractivity contribution < 1.29 is 19.7 Å². The zero-order valence-corrected chi connectivity index (χ0v) is 10.3. The Labute approximate surface area is 109 Å². The molecule has 100 valence electrons. The van der Waals surface area contributed by atoms with Gasteiger partial charge in [0.1, 0.15) is 11.4 Å². The number of hydrogen-bond acceptors (Lipinski definition) is 5. The van der Waals surface area contributed by atoms with E-state index in [1.165, 1.54) is 4.68 Å². The van der Waals surface area contributed by atoms with Gasteiger partial charge in [-0.15, -0.1) is 5.10 Å². The molecule has 0 aliphatic rings. The number of benzene rings is 1. The minimum Gasteiger partial charge on any atom is -0.497 e. The van der Waals surface area contributed by atoms with Gasteiger partial charge >= 0.3 is 5.97 Å². The Morgan fingerprint density at radius 1 is 1.37 bits per heavy atom. The quantitative estimate of drug-likeness (QED) is 0.821. The van der Waals surface area contributed by atoms with Crippen LogP contribution in [0.2, 0.25) is 0 Å². The zero-order valence-electron chi connectivity index (χ0n) is 10.3. The fourth-order valence-corrected chi connectivity index (χ4v) is 1.74. The lowest BCUT2D eigenvalue weighted by Gasteiger charge is -2.06. The number of rotatable bonds is 5. The van der Waals surface area contributed by atoms with Crippen LogP contribution >= 0.6 is 0 Å². The minimum absolute atomic E-state index is 0.140. The molecular formula is C12H13N3O4. The number of hydrogen-bond donors (Lipinski definition) is 2. The van der Waals surface area contributed by atoms with Crippen LogP contribution in [-0.2, 0) is 6.54 Å². The third kappa shape index (κ3) is 2.55. The van der Waals surface area contributed by atoms with E-state index in [1.54, 1.807) is 31.4 Å². The number of methoxy groups -OCH3 is 1. The first kappa shape index (κ1) is 13.0. The Morgan fingerprint density at radius 2 is 2.05 bits per heavy atom. The molecule has 1 aromatic carbocycles. The van der Waals surface area contributed by atoms with Gasteiger partial charge in [0.25, 0.3) is 0 Å². The Hall–Kier alpha value is -2.41. The highest BCUT2D eigenvalue weighted by Gasteiger charge is 2.20. The van der Waals surface area contributed by atoms with E-state index >= 15 is 0 Å². The van der Waals surface area contributed by atoms with E-state index in [1.807, 2.05) is 0 Å². The van der Waals surface area contributed by atoms with Crippen LogP contribution in [0.4, 0.5) is 0 Å². The van der Waals surface area contributed by atoms with Crippen molar-refractivity contribution in [1.29, 1.82) is 0 Å². The van der Waals surface area contributed by atoms with E-state index in [0.717, 1.165) is 0 Å². The van der Waals surface area contributed by atoms with Crippen LogP contribution in [0.25, 0.3) is 11.3 Å². The molecule has 2 N–H and O–H groups in total. The fourth-order valence-electron chi connectivity index (χ4n) is 1.74. The number of aliphatic hydroxyl groups is 1. The second-order valence-electron chi connectivity index (χ2n) is 3.77. The molecule has 0 spiro atoms. The second kappa shape index (κ2) is 5.49. The summed E-state index contributed by atoms with van der Waals surface area (Å²) in [5.74, 6) is -0.489. The summed E-state index contributed by atoms with van der Waals surface area (Å²) in [5, 5.41) is 25.4. The molecule has 2 rings (SSSR count). The molecule has 0 aliphatic carbocycles. The van der Waals surface area contributed by atoms with Gasteiger partial charge in [0.15, 0.2) is 5.69 Å². The standard InChI is InChI=1S/C12H13N3O4/c1-19-9-4-2-8(3-5-9)11-10(12(17)18)13-14-15(11)6-7-16/h2-5,16H,6-7H2,1H3,(H,17,18). The summed E-state index contributed by atoms with van der Waals surface area (Å²) in [4.78, 5) is 11.1. The summed E-state index contributed by atoms with van der Waals surface area (Å²) >= 11 is 0. The number of nitrogens with zero attached hydrogens (tertiary/aromatic N) is 3. The minimum atomic E-state index is -1.16. The number of aliphatic hydroxyl groups excluding tert-OH is 1. The number of carboxylic acids is 1. The van der Waals surface area contributed by atoms with Crippen molar-refractivity contribution >= 4 is 5.97 Å². The highest BCUT2D eigenvalue weighted by Crippen LogP contribution is 2.24. The molecule has 0 atom stereocenters. The van der Waals surface area contributed by atoms with Crippen molar-refractivity contribution in [3.63, 3.8) is 0 Å². The summed E-state index contributed by atoms with van der Waals surface area (Å²) < 4.78 is 6.41. The molecule has 1 heterocycles. The number of ether oxygens (including phenoxy) is 1. The van der Waals surface area contributed by atoms with Gasteiger partial charge < -0.3 is 14.9 Å². The molecule has 0 unspecified atom stereocenters. The average molecular weight is 263 g/mol. The molecule has 0 fully saturated rings. The Bertz CT molecular complexity index is 577. The molecule has 1 aromatic heterocycles. The molecular weight excluding hydrogens is 250 g/mol. The summed E-state index contributed by atoms with van der Waals surface area (Å²) in [7, 11) is 1.55. The maximum absolute atomic E-state index is 11.1. The molecule has 0 saturated carbocycles. The van der Waals surface area contributed by atoms with Gasteiger partial charge in [-0.3, -0.25) is 0 Å². The van der Waals surface area contributed by atoms with Crippen LogP contribution in [0, 0.1) is 0 Å². The monoisotopic (exact) mass is 263 g/mol. The van der Waals surface area contributed by atoms with Crippen molar-refractivity contribution in [3.05, 3.63) is 30.0 Å². The van der Waals surface area contributed by atoms with Crippen molar-refractivity contribution in [3.8, 4) is 17.0 Å². The Balaban J connectivity index is 2.50. The molecule has 7 nitrogen and oxygen atoms in total. The van der Waals surface area contributed by atoms with Gasteiger partial charge in [0, 0.05) is 5.56 Å². The fraction of sp³-hybridized carbons (Fsp3) is 0.250. The van der Waals surface area contributed by atoms with E-state index in [-0.39, 0.29) is 18.8 Å². The van der Waals surface area contributed by atoms with Gasteiger partial charge in [0.05, 0.1) is 20.3 Å². The first-order valence-corrected chi connectivity index (χ1v) is 5.59. The average Bonchev–Trinajstić information content (AvgIpc) is 2.83. The van der Waals surface area contributed by atoms with E-state index < -0.39 is 5.97 Å². The number of carbonyl (C=O) groups is 1. The summed E-state index contributed by atoms with van der Waals surface area (Å²) in [5.41, 5.74) is 0.875. The van der Waals surface area contributed by atoms with Gasteiger partial charge in [-0.2, -0.15) is 0 Å². The molecule has 2 aromatic rings. The van der Waals surface area contributed by atoms with Crippen LogP contribution in [-0.4, -0.2) is 44.9 Å². The number of aromatic nitrogens is 3. The van der Waals surface area contributed by atoms with Crippen molar-refractivity contribution in [1.82, 2.24) is 15.0 Å². The van der Waals surface area contributed by atoms with Crippen LogP contribution in [0.5, 0.6) is 5.75 Å². The van der Waals surface area contributed by atoms with E-state index in [0.29, 0.717) is 17.0 Å². The molecule has 19 heavy (non-hydrogen) atoms. The summed E-state index contributed by atoms with van der Waals surface area (Å²) in [6.07, 6.45) is 0. The van der Waals surface area contributed by atoms with E-state index in [9.17, 15) is 4.79 Å². The van der Waals surface area contributed by atoms with Gasteiger partial charge in [-0.05, 0) is 24.3 Å². The summed E-state index contributed by atoms with van der Waals surface area (Å²) in [6.45, 7) is 0.0349. The van der Waals surface area contributed by atoms with Crippen LogP contribution in [0.15, 0.2) is 24.3 Å². The summed E-state index contributed by atoms with van der Waals surface area (Å²) in [6, 6.07) is 6.88. The maximum atomic E-state index is 11.1. The Kier molecular flexibility index (Phi) is 3.76. The molecule has 0 radical (unpaired) electrons. The first-order chi connectivity index (χ1) is 9.17. The third-order valence-electron chi connectivity index (χ3n) is 2.61. The van der Waals surface area contributed by atoms with Crippen molar-refractivity contribution in [2.24, 2.45) is 0 Å². The highest BCUT2D eigenvalue weighted by molar-refractivity contribution is 5.92. The van der Waals surface area contributed by atoms with Crippen LogP contribution in [0.3, 0.4) is 0 Å². The molecule has 0 aliphatic heterocycles. The lowest BCUT2D eigenvalue weighted by Crippen LogP contribution is -2.07. The van der Waals surface area contributed by atoms with Gasteiger partial charge in [0.2, 0.25) is 0 Å². The maximum Gasteiger partial charge on any atom is 0.358 e. The normalized spacial score (nSPS) is 10.4. The van der Waals surface area contributed by atoms with Gasteiger partial charge in [-0.1, -0.05) is 5.21 Å². The zero-order chi connectivity index (χ0) is 13.8.